The number of thioether (sulfide) groups is 1. The fourth-order valence-corrected chi connectivity index (χ4v) is 8.67. The molecule has 1 spiro atoms. The lowest BCUT2D eigenvalue weighted by atomic mass is 9.86. The van der Waals surface area contributed by atoms with Crippen LogP contribution in [0.1, 0.15) is 66.2 Å². The summed E-state index contributed by atoms with van der Waals surface area (Å²) >= 11 is 1.80. The highest BCUT2D eigenvalue weighted by Crippen LogP contribution is 2.45. The molecule has 5 nitrogen and oxygen atoms in total. The zero-order chi connectivity index (χ0) is 24.9. The molecule has 2 aromatic carbocycles. The summed E-state index contributed by atoms with van der Waals surface area (Å²) in [4.78, 5) is 15.6. The van der Waals surface area contributed by atoms with E-state index in [-0.39, 0.29) is 16.2 Å². The van der Waals surface area contributed by atoms with Gasteiger partial charge in [0.05, 0.1) is 9.77 Å². The van der Waals surface area contributed by atoms with E-state index in [2.05, 4.69) is 20.8 Å². The first kappa shape index (κ1) is 25.3. The molecule has 0 bridgehead atoms. The molecular formula is C27H36N2O3S2. The Morgan fingerprint density at radius 3 is 2.03 bits per heavy atom. The molecule has 0 aromatic heterocycles. The molecule has 7 heteroatoms. The van der Waals surface area contributed by atoms with Crippen LogP contribution in [0.15, 0.2) is 41.3 Å². The second-order valence-corrected chi connectivity index (χ2v) is 14.0. The Balaban J connectivity index is 1.52. The molecule has 4 rings (SSSR count). The molecule has 1 amide bonds. The zero-order valence-electron chi connectivity index (χ0n) is 21.1. The van der Waals surface area contributed by atoms with Gasteiger partial charge in [-0.3, -0.25) is 4.79 Å². The molecular weight excluding hydrogens is 464 g/mol. The fourth-order valence-electron chi connectivity index (χ4n) is 5.36. The van der Waals surface area contributed by atoms with Crippen LogP contribution in [0.3, 0.4) is 0 Å². The minimum absolute atomic E-state index is 0.0405. The number of carbonyl (C=O) groups is 1. The van der Waals surface area contributed by atoms with Gasteiger partial charge < -0.3 is 4.90 Å². The van der Waals surface area contributed by atoms with Crippen LogP contribution < -0.4 is 0 Å². The smallest absolute Gasteiger partial charge is 0.254 e. The van der Waals surface area contributed by atoms with Gasteiger partial charge in [0.15, 0.2) is 0 Å². The summed E-state index contributed by atoms with van der Waals surface area (Å²) in [5.41, 5.74) is 4.61. The number of piperidine rings is 1. The van der Waals surface area contributed by atoms with Crippen LogP contribution in [0.5, 0.6) is 0 Å². The topological polar surface area (TPSA) is 57.7 Å². The van der Waals surface area contributed by atoms with Crippen LogP contribution in [0, 0.1) is 20.8 Å². The highest BCUT2D eigenvalue weighted by molar-refractivity contribution is 8.00. The van der Waals surface area contributed by atoms with Crippen molar-refractivity contribution in [1.29, 1.82) is 0 Å². The van der Waals surface area contributed by atoms with Crippen molar-refractivity contribution in [2.45, 2.75) is 69.6 Å². The van der Waals surface area contributed by atoms with E-state index in [1.807, 2.05) is 62.1 Å². The third-order valence-electron chi connectivity index (χ3n) is 7.13. The van der Waals surface area contributed by atoms with Gasteiger partial charge in [-0.05, 0) is 67.9 Å². The predicted octanol–water partition coefficient (Wildman–Crippen LogP) is 5.28. The van der Waals surface area contributed by atoms with Gasteiger partial charge in [0, 0.05) is 31.0 Å². The van der Waals surface area contributed by atoms with E-state index in [4.69, 9.17) is 0 Å². The Bertz CT molecular complexity index is 1170. The summed E-state index contributed by atoms with van der Waals surface area (Å²) in [5, 5.41) is 0. The van der Waals surface area contributed by atoms with Gasteiger partial charge >= 0.3 is 0 Å². The number of amides is 1. The van der Waals surface area contributed by atoms with Crippen LogP contribution >= 0.6 is 11.8 Å². The van der Waals surface area contributed by atoms with E-state index in [9.17, 15) is 13.2 Å². The Morgan fingerprint density at radius 2 is 1.50 bits per heavy atom. The largest absolute Gasteiger partial charge is 0.323 e. The Kier molecular flexibility index (Phi) is 6.68. The van der Waals surface area contributed by atoms with E-state index >= 15 is 0 Å². The lowest BCUT2D eigenvalue weighted by Gasteiger charge is -2.43. The minimum Gasteiger partial charge on any atom is -0.323 e. The van der Waals surface area contributed by atoms with Crippen LogP contribution in [0.2, 0.25) is 0 Å². The van der Waals surface area contributed by atoms with Crippen molar-refractivity contribution < 1.29 is 13.2 Å². The summed E-state index contributed by atoms with van der Waals surface area (Å²) in [6, 6.07) is 11.8. The minimum atomic E-state index is -3.57. The van der Waals surface area contributed by atoms with Gasteiger partial charge in [-0.2, -0.15) is 4.31 Å². The maximum Gasteiger partial charge on any atom is 0.254 e. The van der Waals surface area contributed by atoms with Gasteiger partial charge in [-0.25, -0.2) is 8.42 Å². The molecule has 2 aliphatic rings. The van der Waals surface area contributed by atoms with Crippen molar-refractivity contribution in [3.63, 3.8) is 0 Å². The van der Waals surface area contributed by atoms with Gasteiger partial charge in [0.1, 0.15) is 0 Å². The molecule has 0 aliphatic carbocycles. The number of benzene rings is 2. The summed E-state index contributed by atoms with van der Waals surface area (Å²) in [7, 11) is -3.57. The molecule has 2 saturated heterocycles. The summed E-state index contributed by atoms with van der Waals surface area (Å²) in [6.07, 6.45) is 1.29. The van der Waals surface area contributed by atoms with E-state index in [0.29, 0.717) is 42.9 Å². The Labute approximate surface area is 209 Å². The van der Waals surface area contributed by atoms with Crippen molar-refractivity contribution in [1.82, 2.24) is 9.21 Å². The van der Waals surface area contributed by atoms with Crippen molar-refractivity contribution in [2.24, 2.45) is 0 Å². The molecule has 2 aliphatic heterocycles. The molecule has 0 saturated carbocycles. The standard InChI is InChI=1S/C27H36N2O3S2/c1-19-17-20(2)24(21(3)18-19)34(31,32)28-13-11-27(12-14-28)29(15-16-33-27)25(30)22-7-9-23(10-8-22)26(4,5)6/h7-10,17-18H,11-16H2,1-6H3. The first-order valence-electron chi connectivity index (χ1n) is 12.0. The van der Waals surface area contributed by atoms with Crippen LogP contribution in [0.4, 0.5) is 0 Å². The predicted molar refractivity (Wildman–Crippen MR) is 140 cm³/mol. The molecule has 2 aromatic rings. The number of nitrogens with zero attached hydrogens (tertiary/aromatic N) is 2. The molecule has 2 heterocycles. The van der Waals surface area contributed by atoms with E-state index in [0.717, 1.165) is 22.4 Å². The van der Waals surface area contributed by atoms with E-state index in [1.54, 1.807) is 16.1 Å². The van der Waals surface area contributed by atoms with Crippen molar-refractivity contribution in [3.8, 4) is 0 Å². The molecule has 0 N–H and O–H groups in total. The number of aryl methyl sites for hydroxylation is 3. The van der Waals surface area contributed by atoms with Crippen LogP contribution in [0.25, 0.3) is 0 Å². The van der Waals surface area contributed by atoms with Gasteiger partial charge in [0.25, 0.3) is 5.91 Å². The van der Waals surface area contributed by atoms with Crippen LogP contribution in [-0.4, -0.2) is 53.8 Å². The summed E-state index contributed by atoms with van der Waals surface area (Å²) in [5.74, 6) is 0.932. The van der Waals surface area contributed by atoms with E-state index in [1.165, 1.54) is 5.56 Å². The monoisotopic (exact) mass is 500 g/mol. The average Bonchev–Trinajstić information content (AvgIpc) is 3.14. The second kappa shape index (κ2) is 8.99. The lowest BCUT2D eigenvalue weighted by molar-refractivity contribution is 0.0605. The maximum atomic E-state index is 13.5. The number of hydrogen-bond donors (Lipinski definition) is 0. The third kappa shape index (κ3) is 4.54. The Hall–Kier alpha value is -1.83. The quantitative estimate of drug-likeness (QED) is 0.575. The SMILES string of the molecule is Cc1cc(C)c(S(=O)(=O)N2CCC3(CC2)SCCN3C(=O)c2ccc(C(C)(C)C)cc2)c(C)c1. The first-order chi connectivity index (χ1) is 15.8. The highest BCUT2D eigenvalue weighted by Gasteiger charge is 2.48. The first-order valence-corrected chi connectivity index (χ1v) is 14.4. The fraction of sp³-hybridized carbons (Fsp3) is 0.519. The number of hydrogen-bond acceptors (Lipinski definition) is 4. The molecule has 0 unspecified atom stereocenters. The normalized spacial score (nSPS) is 19.1. The zero-order valence-corrected chi connectivity index (χ0v) is 22.8. The molecule has 0 radical (unpaired) electrons. The summed E-state index contributed by atoms with van der Waals surface area (Å²) < 4.78 is 28.7. The van der Waals surface area contributed by atoms with Crippen molar-refractivity contribution >= 4 is 27.7 Å². The number of sulfonamides is 1. The number of carbonyl (C=O) groups excluding carboxylic acids is 1. The maximum absolute atomic E-state index is 13.5. The van der Waals surface area contributed by atoms with Gasteiger partial charge in [0.2, 0.25) is 10.0 Å². The molecule has 184 valence electrons. The average molecular weight is 501 g/mol. The summed E-state index contributed by atoms with van der Waals surface area (Å²) in [6.45, 7) is 13.8. The molecule has 0 atom stereocenters. The number of rotatable bonds is 3. The second-order valence-electron chi connectivity index (χ2n) is 10.7. The lowest BCUT2D eigenvalue weighted by Crippen LogP contribution is -2.53. The third-order valence-corrected chi connectivity index (χ3v) is 10.9. The molecule has 2 fully saturated rings. The highest BCUT2D eigenvalue weighted by atomic mass is 32.2. The van der Waals surface area contributed by atoms with Gasteiger partial charge in [-0.15, -0.1) is 11.8 Å². The van der Waals surface area contributed by atoms with Crippen molar-refractivity contribution in [3.05, 3.63) is 64.2 Å². The van der Waals surface area contributed by atoms with Gasteiger partial charge in [-0.1, -0.05) is 50.6 Å². The Morgan fingerprint density at radius 1 is 0.941 bits per heavy atom. The van der Waals surface area contributed by atoms with Crippen molar-refractivity contribution in [2.75, 3.05) is 25.4 Å². The molecule has 34 heavy (non-hydrogen) atoms. The van der Waals surface area contributed by atoms with Crippen LogP contribution in [-0.2, 0) is 15.4 Å². The van der Waals surface area contributed by atoms with E-state index < -0.39 is 10.0 Å².